The summed E-state index contributed by atoms with van der Waals surface area (Å²) in [7, 11) is 6.49. The number of hydrogen-bond donors (Lipinski definition) is 1. The summed E-state index contributed by atoms with van der Waals surface area (Å²) in [5, 5.41) is 13.1. The number of aromatic hydroxyl groups is 1. The average Bonchev–Trinajstić information content (AvgIpc) is 2.85. The second-order valence-electron chi connectivity index (χ2n) is 8.02. The molecule has 1 N–H and O–H groups in total. The highest BCUT2D eigenvalue weighted by Crippen LogP contribution is 2.46. The summed E-state index contributed by atoms with van der Waals surface area (Å²) in [5.41, 5.74) is 1.83. The van der Waals surface area contributed by atoms with Crippen molar-refractivity contribution in [1.82, 2.24) is 4.90 Å². The molecule has 0 aliphatic carbocycles. The zero-order valence-electron chi connectivity index (χ0n) is 19.2. The molecular weight excluding hydrogens is 406 g/mol. The minimum atomic E-state index is -0.153. The van der Waals surface area contributed by atoms with Crippen molar-refractivity contribution in [3.8, 4) is 28.7 Å². The third kappa shape index (κ3) is 3.91. The lowest BCUT2D eigenvalue weighted by Gasteiger charge is -2.36. The van der Waals surface area contributed by atoms with Gasteiger partial charge in [0.05, 0.1) is 34.5 Å². The van der Waals surface area contributed by atoms with Crippen LogP contribution >= 0.6 is 0 Å². The highest BCUT2D eigenvalue weighted by atomic mass is 16.5. The van der Waals surface area contributed by atoms with Crippen LogP contribution in [0.2, 0.25) is 0 Å². The molecule has 1 heterocycles. The summed E-state index contributed by atoms with van der Waals surface area (Å²) in [6, 6.07) is 13.6. The number of ether oxygens (including phenoxy) is 4. The average molecular weight is 438 g/mol. The normalized spacial score (nSPS) is 15.4. The molecule has 0 saturated carbocycles. The predicted octanol–water partition coefficient (Wildman–Crippen LogP) is 5.16. The minimum absolute atomic E-state index is 0.153. The van der Waals surface area contributed by atoms with Gasteiger partial charge in [-0.1, -0.05) is 30.7 Å². The van der Waals surface area contributed by atoms with Crippen LogP contribution in [0.25, 0.3) is 10.8 Å². The van der Waals surface area contributed by atoms with Crippen molar-refractivity contribution in [2.75, 3.05) is 41.5 Å². The first-order chi connectivity index (χ1) is 15.6. The fraction of sp³-hybridized carbons (Fsp3) is 0.385. The molecule has 3 aromatic rings. The van der Waals surface area contributed by atoms with Gasteiger partial charge in [-0.15, -0.1) is 0 Å². The maximum absolute atomic E-state index is 11.4. The third-order valence-corrected chi connectivity index (χ3v) is 6.30. The molecule has 1 saturated heterocycles. The predicted molar refractivity (Wildman–Crippen MR) is 126 cm³/mol. The number of fused-ring (bicyclic) bond motifs is 1. The molecule has 32 heavy (non-hydrogen) atoms. The Kier molecular flexibility index (Phi) is 6.61. The standard InChI is InChI=1S/C26H31NO5/c1-29-21-10-8-9-19-18(21)11-12-20(25(19)28)24(27-13-6-5-7-14-27)17-15-22(30-2)26(32-4)23(16-17)31-3/h8-12,15-16,24,28H,5-7,13-14H2,1-4H3/t24-/m0/s1. The zero-order valence-corrected chi connectivity index (χ0v) is 19.2. The second-order valence-corrected chi connectivity index (χ2v) is 8.02. The van der Waals surface area contributed by atoms with E-state index >= 15 is 0 Å². The van der Waals surface area contributed by atoms with Crippen molar-refractivity contribution in [3.05, 3.63) is 53.6 Å². The van der Waals surface area contributed by atoms with Crippen molar-refractivity contribution in [2.24, 2.45) is 0 Å². The van der Waals surface area contributed by atoms with Crippen molar-refractivity contribution in [2.45, 2.75) is 25.3 Å². The first-order valence-electron chi connectivity index (χ1n) is 11.0. The number of nitrogens with zero attached hydrogens (tertiary/aromatic N) is 1. The Labute approximate surface area is 189 Å². The molecule has 4 rings (SSSR count). The van der Waals surface area contributed by atoms with Crippen molar-refractivity contribution < 1.29 is 24.1 Å². The second kappa shape index (κ2) is 9.57. The maximum atomic E-state index is 11.4. The monoisotopic (exact) mass is 437 g/mol. The lowest BCUT2D eigenvalue weighted by atomic mass is 9.91. The molecule has 6 heteroatoms. The smallest absolute Gasteiger partial charge is 0.203 e. The number of methoxy groups -OCH3 is 4. The summed E-state index contributed by atoms with van der Waals surface area (Å²) < 4.78 is 22.3. The van der Waals surface area contributed by atoms with Gasteiger partial charge in [-0.05, 0) is 49.7 Å². The number of phenols is 1. The van der Waals surface area contributed by atoms with Crippen LogP contribution in [-0.4, -0.2) is 51.5 Å². The molecule has 1 atom stereocenters. The van der Waals surface area contributed by atoms with Crippen LogP contribution in [0.15, 0.2) is 42.5 Å². The van der Waals surface area contributed by atoms with Crippen LogP contribution in [0.5, 0.6) is 28.7 Å². The van der Waals surface area contributed by atoms with E-state index < -0.39 is 0 Å². The molecule has 0 unspecified atom stereocenters. The molecule has 0 radical (unpaired) electrons. The molecule has 1 aliphatic rings. The van der Waals surface area contributed by atoms with Gasteiger partial charge in [0.25, 0.3) is 0 Å². The fourth-order valence-electron chi connectivity index (χ4n) is 4.75. The van der Waals surface area contributed by atoms with E-state index in [-0.39, 0.29) is 11.8 Å². The topological polar surface area (TPSA) is 60.4 Å². The van der Waals surface area contributed by atoms with Gasteiger partial charge in [0, 0.05) is 16.3 Å². The molecule has 0 bridgehead atoms. The molecular formula is C26H31NO5. The molecule has 1 aliphatic heterocycles. The Morgan fingerprint density at radius 3 is 2.00 bits per heavy atom. The van der Waals surface area contributed by atoms with Crippen LogP contribution in [0, 0.1) is 0 Å². The fourth-order valence-corrected chi connectivity index (χ4v) is 4.75. The Bertz CT molecular complexity index is 1070. The first kappa shape index (κ1) is 22.1. The number of likely N-dealkylation sites (tertiary alicyclic amines) is 1. The summed E-state index contributed by atoms with van der Waals surface area (Å²) in [4.78, 5) is 2.42. The van der Waals surface area contributed by atoms with Crippen LogP contribution in [-0.2, 0) is 0 Å². The van der Waals surface area contributed by atoms with Gasteiger partial charge in [0.1, 0.15) is 11.5 Å². The van der Waals surface area contributed by atoms with Gasteiger partial charge < -0.3 is 24.1 Å². The summed E-state index contributed by atoms with van der Waals surface area (Å²) in [5.74, 6) is 2.78. The largest absolute Gasteiger partial charge is 0.507 e. The zero-order chi connectivity index (χ0) is 22.7. The van der Waals surface area contributed by atoms with E-state index in [9.17, 15) is 5.11 Å². The van der Waals surface area contributed by atoms with E-state index in [0.717, 1.165) is 53.6 Å². The molecule has 170 valence electrons. The van der Waals surface area contributed by atoms with Crippen LogP contribution in [0.4, 0.5) is 0 Å². The van der Waals surface area contributed by atoms with Crippen LogP contribution < -0.4 is 18.9 Å². The van der Waals surface area contributed by atoms with Gasteiger partial charge in [-0.3, -0.25) is 4.90 Å². The van der Waals surface area contributed by atoms with Crippen LogP contribution in [0.3, 0.4) is 0 Å². The molecule has 0 spiro atoms. The highest BCUT2D eigenvalue weighted by molar-refractivity contribution is 5.94. The van der Waals surface area contributed by atoms with E-state index in [1.807, 2.05) is 42.5 Å². The van der Waals surface area contributed by atoms with Crippen LogP contribution in [0.1, 0.15) is 36.4 Å². The Morgan fingerprint density at radius 2 is 1.41 bits per heavy atom. The molecule has 6 nitrogen and oxygen atoms in total. The lowest BCUT2D eigenvalue weighted by molar-refractivity contribution is 0.184. The Balaban J connectivity index is 1.92. The van der Waals surface area contributed by atoms with E-state index in [1.54, 1.807) is 28.4 Å². The summed E-state index contributed by atoms with van der Waals surface area (Å²) in [6.07, 6.45) is 3.48. The van der Waals surface area contributed by atoms with Crippen molar-refractivity contribution in [1.29, 1.82) is 0 Å². The molecule has 1 fully saturated rings. The summed E-state index contributed by atoms with van der Waals surface area (Å²) in [6.45, 7) is 1.91. The number of hydrogen-bond acceptors (Lipinski definition) is 6. The van der Waals surface area contributed by atoms with E-state index in [1.165, 1.54) is 6.42 Å². The molecule has 0 aromatic heterocycles. The van der Waals surface area contributed by atoms with Crippen molar-refractivity contribution >= 4 is 10.8 Å². The number of rotatable bonds is 7. The minimum Gasteiger partial charge on any atom is -0.507 e. The quantitative estimate of drug-likeness (QED) is 0.551. The van der Waals surface area contributed by atoms with E-state index in [2.05, 4.69) is 4.90 Å². The lowest BCUT2D eigenvalue weighted by Crippen LogP contribution is -2.34. The van der Waals surface area contributed by atoms with Gasteiger partial charge in [0.15, 0.2) is 11.5 Å². The van der Waals surface area contributed by atoms with Gasteiger partial charge in [-0.2, -0.15) is 0 Å². The maximum Gasteiger partial charge on any atom is 0.203 e. The Morgan fingerprint density at radius 1 is 0.750 bits per heavy atom. The van der Waals surface area contributed by atoms with Crippen molar-refractivity contribution in [3.63, 3.8) is 0 Å². The third-order valence-electron chi connectivity index (χ3n) is 6.30. The summed E-state index contributed by atoms with van der Waals surface area (Å²) >= 11 is 0. The molecule has 3 aromatic carbocycles. The number of piperidine rings is 1. The van der Waals surface area contributed by atoms with E-state index in [0.29, 0.717) is 17.2 Å². The Hall–Kier alpha value is -3.12. The van der Waals surface area contributed by atoms with Gasteiger partial charge >= 0.3 is 0 Å². The SMILES string of the molecule is COc1cc([C@@H](c2ccc3c(OC)cccc3c2O)N2CCCCC2)cc(OC)c1OC. The van der Waals surface area contributed by atoms with Gasteiger partial charge in [-0.25, -0.2) is 0 Å². The molecule has 0 amide bonds. The number of phenolic OH excluding ortho intramolecular Hbond substituents is 1. The highest BCUT2D eigenvalue weighted by Gasteiger charge is 2.29. The first-order valence-corrected chi connectivity index (χ1v) is 11.0. The van der Waals surface area contributed by atoms with Gasteiger partial charge in [0.2, 0.25) is 5.75 Å². The number of benzene rings is 3. The van der Waals surface area contributed by atoms with E-state index in [4.69, 9.17) is 18.9 Å².